The number of alkyl halides is 3. The van der Waals surface area contributed by atoms with Crippen LogP contribution in [-0.4, -0.2) is 4.57 Å². The number of halogens is 3. The lowest BCUT2D eigenvalue weighted by Crippen LogP contribution is -2.27. The van der Waals surface area contributed by atoms with Crippen LogP contribution in [0.3, 0.4) is 0 Å². The molecule has 0 aliphatic carbocycles. The highest BCUT2D eigenvalue weighted by molar-refractivity contribution is 5.85. The highest BCUT2D eigenvalue weighted by Crippen LogP contribution is 2.32. The van der Waals surface area contributed by atoms with Gasteiger partial charge in [0.2, 0.25) is 0 Å². The molecule has 0 fully saturated rings. The third-order valence-corrected chi connectivity index (χ3v) is 3.56. The summed E-state index contributed by atoms with van der Waals surface area (Å²) < 4.78 is 40.9. The Morgan fingerprint density at radius 3 is 2.27 bits per heavy atom. The zero-order valence-corrected chi connectivity index (χ0v) is 11.7. The van der Waals surface area contributed by atoms with E-state index in [1.54, 1.807) is 37.3 Å². The van der Waals surface area contributed by atoms with E-state index in [1.807, 2.05) is 0 Å². The van der Waals surface area contributed by atoms with E-state index < -0.39 is 17.4 Å². The van der Waals surface area contributed by atoms with E-state index in [0.717, 1.165) is 10.6 Å². The van der Waals surface area contributed by atoms with Gasteiger partial charge in [-0.3, -0.25) is 9.36 Å². The van der Waals surface area contributed by atoms with Crippen LogP contribution < -0.4 is 5.56 Å². The molecule has 0 N–H and O–H groups in total. The molecule has 0 amide bonds. The summed E-state index contributed by atoms with van der Waals surface area (Å²) in [6.45, 7) is 1.71. The van der Waals surface area contributed by atoms with Crippen molar-refractivity contribution in [2.24, 2.45) is 0 Å². The van der Waals surface area contributed by atoms with E-state index in [-0.39, 0.29) is 5.69 Å². The maximum absolute atomic E-state index is 13.4. The molecule has 0 saturated carbocycles. The number of aryl methyl sites for hydroxylation is 1. The summed E-state index contributed by atoms with van der Waals surface area (Å²) in [7, 11) is 0. The molecule has 0 radical (unpaired) electrons. The van der Waals surface area contributed by atoms with Gasteiger partial charge in [-0.25, -0.2) is 0 Å². The monoisotopic (exact) mass is 303 g/mol. The molecule has 3 aromatic rings. The number of nitrogens with zero attached hydrogens (tertiary/aromatic N) is 1. The topological polar surface area (TPSA) is 22.0 Å². The van der Waals surface area contributed by atoms with Gasteiger partial charge in [-0.05, 0) is 36.1 Å². The van der Waals surface area contributed by atoms with Crippen LogP contribution in [0.4, 0.5) is 13.2 Å². The minimum absolute atomic E-state index is 0.199. The molecule has 0 spiro atoms. The third kappa shape index (κ3) is 2.28. The predicted molar refractivity (Wildman–Crippen MR) is 79.3 cm³/mol. The van der Waals surface area contributed by atoms with Crippen LogP contribution in [0.2, 0.25) is 0 Å². The standard InChI is InChI=1S/C17H12F3NO/c1-11-6-5-7-12-10-14(17(18,19)20)21(16(22)15(11)12)13-8-3-2-4-9-13/h2-10H,1H3. The maximum atomic E-state index is 13.4. The molecule has 0 saturated heterocycles. The molecule has 2 nitrogen and oxygen atoms in total. The van der Waals surface area contributed by atoms with Crippen LogP contribution in [-0.2, 0) is 6.18 Å². The lowest BCUT2D eigenvalue weighted by atomic mass is 10.1. The number of rotatable bonds is 1. The molecule has 0 aliphatic heterocycles. The van der Waals surface area contributed by atoms with Crippen LogP contribution in [0.25, 0.3) is 16.5 Å². The van der Waals surface area contributed by atoms with E-state index in [4.69, 9.17) is 0 Å². The van der Waals surface area contributed by atoms with Crippen molar-refractivity contribution in [2.45, 2.75) is 13.1 Å². The van der Waals surface area contributed by atoms with Gasteiger partial charge in [0.25, 0.3) is 5.56 Å². The van der Waals surface area contributed by atoms with Gasteiger partial charge in [-0.2, -0.15) is 13.2 Å². The smallest absolute Gasteiger partial charge is 0.272 e. The Bertz CT molecular complexity index is 895. The summed E-state index contributed by atoms with van der Waals surface area (Å²) in [4.78, 5) is 12.7. The zero-order valence-electron chi connectivity index (χ0n) is 11.7. The summed E-state index contributed by atoms with van der Waals surface area (Å²) in [5.41, 5.74) is -0.776. The summed E-state index contributed by atoms with van der Waals surface area (Å²) in [6, 6.07) is 13.8. The Kier molecular flexibility index (Phi) is 3.28. The molecule has 0 bridgehead atoms. The third-order valence-electron chi connectivity index (χ3n) is 3.56. The lowest BCUT2D eigenvalue weighted by molar-refractivity contribution is -0.142. The van der Waals surface area contributed by atoms with E-state index in [9.17, 15) is 18.0 Å². The normalized spacial score (nSPS) is 11.8. The first-order valence-electron chi connectivity index (χ1n) is 6.67. The molecule has 112 valence electrons. The Morgan fingerprint density at radius 2 is 1.64 bits per heavy atom. The minimum atomic E-state index is -4.62. The average Bonchev–Trinajstić information content (AvgIpc) is 2.47. The lowest BCUT2D eigenvalue weighted by Gasteiger charge is -2.17. The molecule has 5 heteroatoms. The van der Waals surface area contributed by atoms with Crippen molar-refractivity contribution in [2.75, 3.05) is 0 Å². The van der Waals surface area contributed by atoms with Gasteiger partial charge in [0.05, 0.1) is 5.39 Å². The van der Waals surface area contributed by atoms with Crippen LogP contribution in [0.5, 0.6) is 0 Å². The second kappa shape index (κ2) is 5.02. The summed E-state index contributed by atoms with van der Waals surface area (Å²) in [5, 5.41) is 0.601. The van der Waals surface area contributed by atoms with Crippen molar-refractivity contribution < 1.29 is 13.2 Å². The second-order valence-electron chi connectivity index (χ2n) is 5.04. The van der Waals surface area contributed by atoms with Crippen molar-refractivity contribution in [3.63, 3.8) is 0 Å². The van der Waals surface area contributed by atoms with E-state index in [0.29, 0.717) is 16.3 Å². The van der Waals surface area contributed by atoms with Crippen LogP contribution in [0, 0.1) is 6.92 Å². The first kappa shape index (κ1) is 14.4. The van der Waals surface area contributed by atoms with Crippen molar-refractivity contribution in [1.29, 1.82) is 0 Å². The molecular formula is C17H12F3NO. The quantitative estimate of drug-likeness (QED) is 0.656. The van der Waals surface area contributed by atoms with Gasteiger partial charge >= 0.3 is 6.18 Å². The van der Waals surface area contributed by atoms with E-state index in [2.05, 4.69) is 0 Å². The fourth-order valence-electron chi connectivity index (χ4n) is 2.58. The molecule has 1 aromatic heterocycles. The molecule has 0 aliphatic rings. The minimum Gasteiger partial charge on any atom is -0.272 e. The Morgan fingerprint density at radius 1 is 0.955 bits per heavy atom. The highest BCUT2D eigenvalue weighted by atomic mass is 19.4. The number of hydrogen-bond acceptors (Lipinski definition) is 1. The number of hydrogen-bond donors (Lipinski definition) is 0. The predicted octanol–water partition coefficient (Wildman–Crippen LogP) is 4.32. The first-order chi connectivity index (χ1) is 10.4. The van der Waals surface area contributed by atoms with E-state index in [1.165, 1.54) is 18.2 Å². The van der Waals surface area contributed by atoms with Gasteiger partial charge in [0, 0.05) is 5.69 Å². The number of fused-ring (bicyclic) bond motifs is 1. The maximum Gasteiger partial charge on any atom is 0.431 e. The molecule has 0 unspecified atom stereocenters. The summed E-state index contributed by atoms with van der Waals surface area (Å²) in [6.07, 6.45) is -4.62. The molecule has 3 rings (SSSR count). The van der Waals surface area contributed by atoms with Crippen molar-refractivity contribution in [3.8, 4) is 5.69 Å². The van der Waals surface area contributed by atoms with Crippen molar-refractivity contribution in [3.05, 3.63) is 76.2 Å². The molecule has 2 aromatic carbocycles. The highest BCUT2D eigenvalue weighted by Gasteiger charge is 2.35. The number of aromatic nitrogens is 1. The fraction of sp³-hybridized carbons (Fsp3) is 0.118. The van der Waals surface area contributed by atoms with Crippen molar-refractivity contribution in [1.82, 2.24) is 4.57 Å². The molecule has 1 heterocycles. The second-order valence-corrected chi connectivity index (χ2v) is 5.04. The summed E-state index contributed by atoms with van der Waals surface area (Å²) >= 11 is 0. The number of para-hydroxylation sites is 1. The van der Waals surface area contributed by atoms with Crippen LogP contribution in [0.15, 0.2) is 59.4 Å². The largest absolute Gasteiger partial charge is 0.431 e. The Labute approximate surface area is 124 Å². The Hall–Kier alpha value is -2.56. The first-order valence-corrected chi connectivity index (χ1v) is 6.67. The molecule has 0 atom stereocenters. The van der Waals surface area contributed by atoms with Gasteiger partial charge in [-0.1, -0.05) is 36.4 Å². The van der Waals surface area contributed by atoms with Gasteiger partial charge in [0.15, 0.2) is 0 Å². The Balaban J connectivity index is 2.50. The summed E-state index contributed by atoms with van der Waals surface area (Å²) in [5.74, 6) is 0. The van der Waals surface area contributed by atoms with Crippen LogP contribution in [0.1, 0.15) is 11.3 Å². The van der Waals surface area contributed by atoms with E-state index >= 15 is 0 Å². The van der Waals surface area contributed by atoms with Gasteiger partial charge in [0.1, 0.15) is 5.69 Å². The SMILES string of the molecule is Cc1cccc2cc(C(F)(F)F)n(-c3ccccc3)c(=O)c12. The molecular weight excluding hydrogens is 291 g/mol. The fourth-order valence-corrected chi connectivity index (χ4v) is 2.58. The van der Waals surface area contributed by atoms with Crippen LogP contribution >= 0.6 is 0 Å². The van der Waals surface area contributed by atoms with Gasteiger partial charge in [-0.15, -0.1) is 0 Å². The van der Waals surface area contributed by atoms with Gasteiger partial charge < -0.3 is 0 Å². The number of benzene rings is 2. The number of pyridine rings is 1. The van der Waals surface area contributed by atoms with Crippen molar-refractivity contribution >= 4 is 10.8 Å². The molecule has 22 heavy (non-hydrogen) atoms. The zero-order chi connectivity index (χ0) is 15.9. The average molecular weight is 303 g/mol.